The second-order valence-electron chi connectivity index (χ2n) is 9.17. The fraction of sp³-hybridized carbons (Fsp3) is 0.538. The van der Waals surface area contributed by atoms with Gasteiger partial charge in [-0.2, -0.15) is 0 Å². The number of benzene rings is 2. The van der Waals surface area contributed by atoms with Crippen LogP contribution in [0.25, 0.3) is 0 Å². The molecule has 0 aromatic heterocycles. The Balaban J connectivity index is 1.39. The molecule has 0 spiro atoms. The lowest BCUT2D eigenvalue weighted by Gasteiger charge is -2.33. The molecule has 1 heteroatoms. The normalized spacial score (nSPS) is 31.6. The van der Waals surface area contributed by atoms with E-state index in [2.05, 4.69) is 62.4 Å². The SMILES string of the molecule is Cc1ccc(C2CCC(c3ccc(C4CCC(C)CC4)cc3)CC2F)cc1. The average Bonchev–Trinajstić information content (AvgIpc) is 2.69. The third kappa shape index (κ3) is 4.28. The van der Waals surface area contributed by atoms with Gasteiger partial charge in [0.1, 0.15) is 6.17 Å². The minimum Gasteiger partial charge on any atom is -0.247 e. The summed E-state index contributed by atoms with van der Waals surface area (Å²) in [5, 5.41) is 0. The Morgan fingerprint density at radius 1 is 0.667 bits per heavy atom. The Kier molecular flexibility index (Phi) is 5.66. The lowest BCUT2D eigenvalue weighted by atomic mass is 9.74. The third-order valence-electron chi connectivity index (χ3n) is 7.17. The zero-order chi connectivity index (χ0) is 18.8. The first kappa shape index (κ1) is 18.7. The predicted molar refractivity (Wildman–Crippen MR) is 112 cm³/mol. The van der Waals surface area contributed by atoms with Gasteiger partial charge in [0.15, 0.2) is 0 Å². The van der Waals surface area contributed by atoms with Crippen molar-refractivity contribution in [2.24, 2.45) is 5.92 Å². The van der Waals surface area contributed by atoms with Crippen molar-refractivity contribution in [3.63, 3.8) is 0 Å². The van der Waals surface area contributed by atoms with E-state index in [9.17, 15) is 4.39 Å². The highest BCUT2D eigenvalue weighted by molar-refractivity contribution is 5.30. The quantitative estimate of drug-likeness (QED) is 0.524. The van der Waals surface area contributed by atoms with Gasteiger partial charge in [0.2, 0.25) is 0 Å². The fourth-order valence-corrected chi connectivity index (χ4v) is 5.24. The molecule has 0 heterocycles. The molecule has 2 saturated carbocycles. The van der Waals surface area contributed by atoms with Crippen molar-refractivity contribution < 1.29 is 4.39 Å². The van der Waals surface area contributed by atoms with E-state index in [1.54, 1.807) is 0 Å². The van der Waals surface area contributed by atoms with E-state index in [0.717, 1.165) is 24.7 Å². The number of hydrogen-bond donors (Lipinski definition) is 0. The first-order chi connectivity index (χ1) is 13.1. The summed E-state index contributed by atoms with van der Waals surface area (Å²) >= 11 is 0. The standard InChI is InChI=1S/C26H33F/c1-18-3-7-20(8-4-18)21-11-13-22(14-12-21)24-15-16-25(26(27)17-24)23-9-5-19(2)6-10-23/h5-6,9-14,18,20,24-26H,3-4,7-8,15-17H2,1-2H3. The van der Waals surface area contributed by atoms with Crippen molar-refractivity contribution in [3.8, 4) is 0 Å². The molecule has 0 aliphatic heterocycles. The first-order valence-electron chi connectivity index (χ1n) is 10.9. The van der Waals surface area contributed by atoms with Crippen LogP contribution in [0.3, 0.4) is 0 Å². The summed E-state index contributed by atoms with van der Waals surface area (Å²) in [5.74, 6) is 2.08. The minimum absolute atomic E-state index is 0.0744. The van der Waals surface area contributed by atoms with E-state index in [0.29, 0.717) is 12.3 Å². The number of hydrogen-bond acceptors (Lipinski definition) is 0. The number of aryl methyl sites for hydroxylation is 1. The summed E-state index contributed by atoms with van der Waals surface area (Å²) in [5.41, 5.74) is 5.26. The summed E-state index contributed by atoms with van der Waals surface area (Å²) in [6, 6.07) is 17.7. The van der Waals surface area contributed by atoms with Gasteiger partial charge in [-0.15, -0.1) is 0 Å². The molecule has 144 valence electrons. The van der Waals surface area contributed by atoms with E-state index >= 15 is 0 Å². The lowest BCUT2D eigenvalue weighted by molar-refractivity contribution is 0.198. The maximum absolute atomic E-state index is 15.0. The van der Waals surface area contributed by atoms with Gasteiger partial charge in [-0.05, 0) is 73.5 Å². The van der Waals surface area contributed by atoms with Crippen molar-refractivity contribution >= 4 is 0 Å². The molecule has 0 nitrogen and oxygen atoms in total. The number of rotatable bonds is 3. The van der Waals surface area contributed by atoms with Crippen LogP contribution in [0.15, 0.2) is 48.5 Å². The molecular weight excluding hydrogens is 331 g/mol. The van der Waals surface area contributed by atoms with E-state index < -0.39 is 6.17 Å². The summed E-state index contributed by atoms with van der Waals surface area (Å²) in [6.07, 6.45) is 7.36. The highest BCUT2D eigenvalue weighted by Gasteiger charge is 2.32. The van der Waals surface area contributed by atoms with Gasteiger partial charge >= 0.3 is 0 Å². The molecule has 3 unspecified atom stereocenters. The Bertz CT molecular complexity index is 722. The van der Waals surface area contributed by atoms with Crippen molar-refractivity contribution in [1.82, 2.24) is 0 Å². The summed E-state index contributed by atoms with van der Waals surface area (Å²) < 4.78 is 15.0. The van der Waals surface area contributed by atoms with Gasteiger partial charge in [-0.1, -0.05) is 73.9 Å². The summed E-state index contributed by atoms with van der Waals surface area (Å²) in [6.45, 7) is 4.46. The zero-order valence-electron chi connectivity index (χ0n) is 16.8. The number of alkyl halides is 1. The van der Waals surface area contributed by atoms with Crippen LogP contribution in [0.2, 0.25) is 0 Å². The van der Waals surface area contributed by atoms with Crippen LogP contribution in [0.1, 0.15) is 91.9 Å². The van der Waals surface area contributed by atoms with Gasteiger partial charge in [0.05, 0.1) is 0 Å². The highest BCUT2D eigenvalue weighted by atomic mass is 19.1. The molecule has 2 aromatic carbocycles. The Labute approximate surface area is 164 Å². The molecule has 2 aliphatic carbocycles. The van der Waals surface area contributed by atoms with Crippen LogP contribution in [-0.4, -0.2) is 6.17 Å². The second kappa shape index (κ2) is 8.17. The molecule has 2 aliphatic rings. The molecule has 0 bridgehead atoms. The minimum atomic E-state index is -0.731. The van der Waals surface area contributed by atoms with Gasteiger partial charge in [-0.25, -0.2) is 4.39 Å². The largest absolute Gasteiger partial charge is 0.247 e. The maximum Gasteiger partial charge on any atom is 0.108 e. The highest BCUT2D eigenvalue weighted by Crippen LogP contribution is 2.43. The van der Waals surface area contributed by atoms with Crippen LogP contribution >= 0.6 is 0 Å². The van der Waals surface area contributed by atoms with Gasteiger partial charge in [-0.3, -0.25) is 0 Å². The van der Waals surface area contributed by atoms with E-state index in [-0.39, 0.29) is 5.92 Å². The third-order valence-corrected chi connectivity index (χ3v) is 7.17. The Morgan fingerprint density at radius 3 is 1.78 bits per heavy atom. The van der Waals surface area contributed by atoms with Crippen molar-refractivity contribution in [3.05, 3.63) is 70.8 Å². The first-order valence-corrected chi connectivity index (χ1v) is 10.9. The smallest absolute Gasteiger partial charge is 0.108 e. The predicted octanol–water partition coefficient (Wildman–Crippen LogP) is 7.68. The molecule has 0 amide bonds. The van der Waals surface area contributed by atoms with Crippen LogP contribution in [0.4, 0.5) is 4.39 Å². The van der Waals surface area contributed by atoms with E-state index in [1.807, 2.05) is 0 Å². The van der Waals surface area contributed by atoms with Gasteiger partial charge in [0, 0.05) is 5.92 Å². The van der Waals surface area contributed by atoms with Crippen LogP contribution in [0.5, 0.6) is 0 Å². The Morgan fingerprint density at radius 2 is 1.19 bits per heavy atom. The lowest BCUT2D eigenvalue weighted by Crippen LogP contribution is -2.23. The molecule has 0 saturated heterocycles. The maximum atomic E-state index is 15.0. The van der Waals surface area contributed by atoms with Crippen molar-refractivity contribution in [2.75, 3.05) is 0 Å². The van der Waals surface area contributed by atoms with Crippen LogP contribution in [-0.2, 0) is 0 Å². The monoisotopic (exact) mass is 364 g/mol. The van der Waals surface area contributed by atoms with Crippen molar-refractivity contribution in [1.29, 1.82) is 0 Å². The molecule has 2 fully saturated rings. The molecule has 0 N–H and O–H groups in total. The molecule has 27 heavy (non-hydrogen) atoms. The molecule has 2 aromatic rings. The van der Waals surface area contributed by atoms with Crippen LogP contribution in [0, 0.1) is 12.8 Å². The van der Waals surface area contributed by atoms with Gasteiger partial charge < -0.3 is 0 Å². The van der Waals surface area contributed by atoms with Gasteiger partial charge in [0.25, 0.3) is 0 Å². The molecular formula is C26H33F. The average molecular weight is 365 g/mol. The molecule has 4 rings (SSSR count). The Hall–Kier alpha value is -1.63. The van der Waals surface area contributed by atoms with Crippen LogP contribution < -0.4 is 0 Å². The fourth-order valence-electron chi connectivity index (χ4n) is 5.24. The van der Waals surface area contributed by atoms with E-state index in [1.165, 1.54) is 47.9 Å². The topological polar surface area (TPSA) is 0 Å². The van der Waals surface area contributed by atoms with Crippen molar-refractivity contribution in [2.45, 2.75) is 82.7 Å². The zero-order valence-corrected chi connectivity index (χ0v) is 16.8. The van der Waals surface area contributed by atoms with E-state index in [4.69, 9.17) is 0 Å². The summed E-state index contributed by atoms with van der Waals surface area (Å²) in [4.78, 5) is 0. The molecule has 0 radical (unpaired) electrons. The molecule has 3 atom stereocenters. The summed E-state index contributed by atoms with van der Waals surface area (Å²) in [7, 11) is 0. The second-order valence-corrected chi connectivity index (χ2v) is 9.17. The number of halogens is 1.